The summed E-state index contributed by atoms with van der Waals surface area (Å²) in [7, 11) is 1.22. The molecule has 32 heavy (non-hydrogen) atoms. The van der Waals surface area contributed by atoms with Gasteiger partial charge in [-0.15, -0.1) is 11.3 Å². The zero-order chi connectivity index (χ0) is 23.3. The van der Waals surface area contributed by atoms with Crippen molar-refractivity contribution in [3.8, 4) is 5.75 Å². The number of esters is 1. The van der Waals surface area contributed by atoms with Crippen molar-refractivity contribution in [2.45, 2.75) is 6.92 Å². The summed E-state index contributed by atoms with van der Waals surface area (Å²) in [6.45, 7) is 1.31. The number of ether oxygens (including phenoxy) is 2. The molecule has 0 bridgehead atoms. The minimum Gasteiger partial charge on any atom is -0.484 e. The van der Waals surface area contributed by atoms with E-state index < -0.39 is 17.8 Å². The van der Waals surface area contributed by atoms with Gasteiger partial charge in [0.1, 0.15) is 10.8 Å². The molecule has 3 rings (SSSR count). The first-order valence-electron chi connectivity index (χ1n) is 9.25. The van der Waals surface area contributed by atoms with Crippen molar-refractivity contribution in [3.05, 3.63) is 74.6 Å². The fourth-order valence-corrected chi connectivity index (χ4v) is 4.09. The van der Waals surface area contributed by atoms with Crippen LogP contribution in [-0.4, -0.2) is 31.5 Å². The van der Waals surface area contributed by atoms with E-state index in [0.717, 1.165) is 11.3 Å². The molecule has 0 radical (unpaired) electrons. The lowest BCUT2D eigenvalue weighted by molar-refractivity contribution is -0.118. The maximum atomic E-state index is 12.8. The summed E-state index contributed by atoms with van der Waals surface area (Å²) in [6, 6.07) is 13.1. The quantitative estimate of drug-likeness (QED) is 0.429. The van der Waals surface area contributed by atoms with E-state index in [4.69, 9.17) is 32.7 Å². The number of hydrogen-bond acceptors (Lipinski definition) is 6. The van der Waals surface area contributed by atoms with Crippen LogP contribution in [0.4, 0.5) is 10.7 Å². The number of thiophene rings is 1. The summed E-state index contributed by atoms with van der Waals surface area (Å²) in [4.78, 5) is 37.8. The second kappa shape index (κ2) is 10.5. The Hall–Kier alpha value is -3.07. The van der Waals surface area contributed by atoms with Gasteiger partial charge in [-0.1, -0.05) is 23.2 Å². The Morgan fingerprint density at radius 3 is 2.12 bits per heavy atom. The number of halogens is 2. The molecular weight excluding hydrogens is 475 g/mol. The minimum absolute atomic E-state index is 0.110. The molecule has 7 nitrogen and oxygen atoms in total. The molecular formula is C22H18Cl2N2O5S. The number of methoxy groups -OCH3 is 1. The predicted molar refractivity (Wildman–Crippen MR) is 125 cm³/mol. The van der Waals surface area contributed by atoms with Crippen LogP contribution in [0.2, 0.25) is 10.0 Å². The first-order valence-corrected chi connectivity index (χ1v) is 10.8. The van der Waals surface area contributed by atoms with Gasteiger partial charge in [0, 0.05) is 15.7 Å². The van der Waals surface area contributed by atoms with E-state index in [-0.39, 0.29) is 22.0 Å². The lowest BCUT2D eigenvalue weighted by Gasteiger charge is -2.08. The number of benzene rings is 2. The van der Waals surface area contributed by atoms with Crippen LogP contribution in [0.1, 0.15) is 25.6 Å². The van der Waals surface area contributed by atoms with E-state index in [0.29, 0.717) is 27.0 Å². The van der Waals surface area contributed by atoms with Crippen molar-refractivity contribution >= 4 is 63.0 Å². The lowest BCUT2D eigenvalue weighted by atomic mass is 10.1. The number of anilines is 2. The molecule has 0 atom stereocenters. The Balaban J connectivity index is 1.77. The van der Waals surface area contributed by atoms with Crippen LogP contribution in [0, 0.1) is 6.92 Å². The monoisotopic (exact) mass is 492 g/mol. The van der Waals surface area contributed by atoms with Gasteiger partial charge in [0.2, 0.25) is 0 Å². The summed E-state index contributed by atoms with van der Waals surface area (Å²) in [5.74, 6) is -1.14. The van der Waals surface area contributed by atoms with Gasteiger partial charge in [-0.3, -0.25) is 9.59 Å². The highest BCUT2D eigenvalue weighted by Gasteiger charge is 2.26. The molecule has 10 heteroatoms. The maximum absolute atomic E-state index is 12.8. The number of carbonyl (C=O) groups excluding carboxylic acids is 3. The molecule has 3 aromatic rings. The fraction of sp³-hybridized carbons (Fsp3) is 0.136. The average molecular weight is 493 g/mol. The highest BCUT2D eigenvalue weighted by molar-refractivity contribution is 7.19. The SMILES string of the molecule is COC(=O)c1c(NC(=O)COc2ccc(Cl)cc2)sc(C(=O)Nc2ccc(Cl)cc2)c1C. The first kappa shape index (κ1) is 23.6. The van der Waals surface area contributed by atoms with Crippen LogP contribution in [0.25, 0.3) is 0 Å². The first-order chi connectivity index (χ1) is 15.3. The molecule has 0 unspecified atom stereocenters. The van der Waals surface area contributed by atoms with Crippen LogP contribution in [0.3, 0.4) is 0 Å². The van der Waals surface area contributed by atoms with Gasteiger partial charge in [-0.05, 0) is 61.0 Å². The standard InChI is InChI=1S/C22H18Cl2N2O5S/c1-12-18(22(29)30-2)21(26-17(27)11-31-16-9-5-14(24)6-10-16)32-19(12)20(28)25-15-7-3-13(23)4-8-15/h3-10H,11H2,1-2H3,(H,25,28)(H,26,27). The van der Waals surface area contributed by atoms with E-state index in [1.165, 1.54) is 7.11 Å². The number of hydrogen-bond donors (Lipinski definition) is 2. The van der Waals surface area contributed by atoms with Crippen molar-refractivity contribution in [2.75, 3.05) is 24.4 Å². The summed E-state index contributed by atoms with van der Waals surface area (Å²) in [5, 5.41) is 6.64. The van der Waals surface area contributed by atoms with Crippen molar-refractivity contribution in [2.24, 2.45) is 0 Å². The van der Waals surface area contributed by atoms with E-state index in [1.54, 1.807) is 55.5 Å². The third-order valence-corrected chi connectivity index (χ3v) is 5.99. The van der Waals surface area contributed by atoms with Crippen molar-refractivity contribution in [3.63, 3.8) is 0 Å². The van der Waals surface area contributed by atoms with Crippen LogP contribution in [0.15, 0.2) is 48.5 Å². The van der Waals surface area contributed by atoms with Crippen molar-refractivity contribution in [1.82, 2.24) is 0 Å². The molecule has 166 valence electrons. The second-order valence-corrected chi connectivity index (χ2v) is 8.40. The van der Waals surface area contributed by atoms with Crippen LogP contribution in [-0.2, 0) is 9.53 Å². The normalized spacial score (nSPS) is 10.4. The summed E-state index contributed by atoms with van der Waals surface area (Å²) in [6.07, 6.45) is 0. The van der Waals surface area contributed by atoms with Crippen molar-refractivity contribution < 1.29 is 23.9 Å². The molecule has 1 aromatic heterocycles. The number of nitrogens with one attached hydrogen (secondary N) is 2. The molecule has 0 aliphatic carbocycles. The average Bonchev–Trinajstić information content (AvgIpc) is 3.10. The Labute approximate surface area is 198 Å². The number of carbonyl (C=O) groups is 3. The molecule has 0 aliphatic heterocycles. The van der Waals surface area contributed by atoms with E-state index in [1.807, 2.05) is 0 Å². The Morgan fingerprint density at radius 1 is 0.938 bits per heavy atom. The number of rotatable bonds is 7. The fourth-order valence-electron chi connectivity index (χ4n) is 2.73. The second-order valence-electron chi connectivity index (χ2n) is 6.50. The molecule has 2 amide bonds. The third-order valence-electron chi connectivity index (χ3n) is 4.28. The lowest BCUT2D eigenvalue weighted by Crippen LogP contribution is -2.21. The molecule has 0 aliphatic rings. The van der Waals surface area contributed by atoms with Crippen LogP contribution >= 0.6 is 34.5 Å². The third kappa shape index (κ3) is 5.79. The highest BCUT2D eigenvalue weighted by atomic mass is 35.5. The summed E-state index contributed by atoms with van der Waals surface area (Å²) in [5.41, 5.74) is 1.04. The van der Waals surface area contributed by atoms with Crippen molar-refractivity contribution in [1.29, 1.82) is 0 Å². The smallest absolute Gasteiger partial charge is 0.341 e. The molecule has 0 saturated carbocycles. The van der Waals surface area contributed by atoms with Gasteiger partial charge >= 0.3 is 5.97 Å². The van der Waals surface area contributed by atoms with Crippen LogP contribution < -0.4 is 15.4 Å². The van der Waals surface area contributed by atoms with Gasteiger partial charge < -0.3 is 20.1 Å². The minimum atomic E-state index is -0.668. The van der Waals surface area contributed by atoms with E-state index in [2.05, 4.69) is 10.6 Å². The molecule has 2 aromatic carbocycles. The molecule has 0 fully saturated rings. The molecule has 0 saturated heterocycles. The maximum Gasteiger partial charge on any atom is 0.341 e. The zero-order valence-electron chi connectivity index (χ0n) is 17.0. The topological polar surface area (TPSA) is 93.7 Å². The van der Waals surface area contributed by atoms with Gasteiger partial charge in [0.25, 0.3) is 11.8 Å². The summed E-state index contributed by atoms with van der Waals surface area (Å²) < 4.78 is 10.3. The molecule has 1 heterocycles. The Morgan fingerprint density at radius 2 is 1.53 bits per heavy atom. The zero-order valence-corrected chi connectivity index (χ0v) is 19.4. The van der Waals surface area contributed by atoms with Crippen LogP contribution in [0.5, 0.6) is 5.75 Å². The van der Waals surface area contributed by atoms with E-state index >= 15 is 0 Å². The van der Waals surface area contributed by atoms with Gasteiger partial charge in [0.05, 0.1) is 17.6 Å². The molecule has 2 N–H and O–H groups in total. The largest absolute Gasteiger partial charge is 0.484 e. The Kier molecular flexibility index (Phi) is 7.74. The van der Waals surface area contributed by atoms with E-state index in [9.17, 15) is 14.4 Å². The van der Waals surface area contributed by atoms with Gasteiger partial charge in [0.15, 0.2) is 6.61 Å². The van der Waals surface area contributed by atoms with Gasteiger partial charge in [-0.25, -0.2) is 4.79 Å². The van der Waals surface area contributed by atoms with Gasteiger partial charge in [-0.2, -0.15) is 0 Å². The highest BCUT2D eigenvalue weighted by Crippen LogP contribution is 2.34. The number of amides is 2. The summed E-state index contributed by atoms with van der Waals surface area (Å²) >= 11 is 12.7. The predicted octanol–water partition coefficient (Wildman–Crippen LogP) is 5.42. The Bertz CT molecular complexity index is 1140. The molecule has 0 spiro atoms.